The fraction of sp³-hybridized carbons (Fsp3) is 0.308. The lowest BCUT2D eigenvalue weighted by Crippen LogP contribution is -2.22. The minimum absolute atomic E-state index is 0.0753. The van der Waals surface area contributed by atoms with Gasteiger partial charge in [-0.15, -0.1) is 0 Å². The zero-order valence-corrected chi connectivity index (χ0v) is 17.9. The van der Waals surface area contributed by atoms with Crippen LogP contribution in [0.25, 0.3) is 0 Å². The Morgan fingerprint density at radius 3 is 2.50 bits per heavy atom. The number of ether oxygens (including phenoxy) is 1. The zero-order valence-electron chi connectivity index (χ0n) is 17.9. The van der Waals surface area contributed by atoms with Crippen LogP contribution >= 0.6 is 0 Å². The molecule has 2 aromatic heterocycles. The van der Waals surface area contributed by atoms with Gasteiger partial charge in [0.05, 0.1) is 12.2 Å². The maximum Gasteiger partial charge on any atom is 0.254 e. The minimum Gasteiger partial charge on any atom is -0.487 e. The second kappa shape index (κ2) is 10.5. The molecule has 0 saturated heterocycles. The van der Waals surface area contributed by atoms with Gasteiger partial charge in [0.25, 0.3) is 5.56 Å². The molecule has 1 aliphatic rings. The largest absolute Gasteiger partial charge is 0.487 e. The smallest absolute Gasteiger partial charge is 0.254 e. The van der Waals surface area contributed by atoms with Gasteiger partial charge in [0.2, 0.25) is 0 Å². The Morgan fingerprint density at radius 2 is 1.87 bits per heavy atom. The van der Waals surface area contributed by atoms with Gasteiger partial charge in [-0.1, -0.05) is 43.9 Å². The van der Waals surface area contributed by atoms with Gasteiger partial charge in [0.1, 0.15) is 12.4 Å². The monoisotopic (exact) mass is 400 g/mol. The van der Waals surface area contributed by atoms with E-state index in [1.54, 1.807) is 10.8 Å². The van der Waals surface area contributed by atoms with Crippen LogP contribution in [0.5, 0.6) is 5.75 Å². The van der Waals surface area contributed by atoms with Gasteiger partial charge in [-0.3, -0.25) is 9.78 Å². The SMILES string of the molecule is CC.Cc1cc(OCc2ccccn2)cc(=O)n1Cc1ccc(C#CC2CC2)cc1. The van der Waals surface area contributed by atoms with E-state index in [-0.39, 0.29) is 5.56 Å². The van der Waals surface area contributed by atoms with E-state index in [0.29, 0.717) is 24.8 Å². The summed E-state index contributed by atoms with van der Waals surface area (Å²) >= 11 is 0. The highest BCUT2D eigenvalue weighted by Gasteiger charge is 2.17. The zero-order chi connectivity index (χ0) is 21.3. The maximum absolute atomic E-state index is 12.6. The van der Waals surface area contributed by atoms with Crippen molar-refractivity contribution < 1.29 is 4.74 Å². The van der Waals surface area contributed by atoms with Gasteiger partial charge in [0.15, 0.2) is 0 Å². The summed E-state index contributed by atoms with van der Waals surface area (Å²) in [6, 6.07) is 17.2. The molecule has 0 spiro atoms. The first-order chi connectivity index (χ1) is 14.7. The molecule has 0 radical (unpaired) electrons. The van der Waals surface area contributed by atoms with E-state index in [2.05, 4.69) is 16.8 Å². The lowest BCUT2D eigenvalue weighted by molar-refractivity contribution is 0.299. The molecule has 4 heteroatoms. The summed E-state index contributed by atoms with van der Waals surface area (Å²) in [5, 5.41) is 0. The number of rotatable bonds is 5. The molecule has 1 aromatic carbocycles. The van der Waals surface area contributed by atoms with Crippen molar-refractivity contribution in [2.24, 2.45) is 5.92 Å². The van der Waals surface area contributed by atoms with E-state index in [9.17, 15) is 4.79 Å². The van der Waals surface area contributed by atoms with Gasteiger partial charge in [-0.25, -0.2) is 0 Å². The van der Waals surface area contributed by atoms with Crippen molar-refractivity contribution >= 4 is 0 Å². The van der Waals surface area contributed by atoms with Crippen molar-refractivity contribution in [3.63, 3.8) is 0 Å². The summed E-state index contributed by atoms with van der Waals surface area (Å²) in [6.45, 7) is 6.79. The number of hydrogen-bond donors (Lipinski definition) is 0. The summed E-state index contributed by atoms with van der Waals surface area (Å²) in [7, 11) is 0. The first-order valence-electron chi connectivity index (χ1n) is 10.5. The van der Waals surface area contributed by atoms with Gasteiger partial charge in [-0.05, 0) is 55.7 Å². The molecule has 0 amide bonds. The van der Waals surface area contributed by atoms with Crippen LogP contribution in [0.15, 0.2) is 65.6 Å². The normalized spacial score (nSPS) is 12.2. The number of aromatic nitrogens is 2. The number of nitrogens with zero attached hydrogens (tertiary/aromatic N) is 2. The topological polar surface area (TPSA) is 44.1 Å². The Morgan fingerprint density at radius 1 is 1.10 bits per heavy atom. The molecule has 154 valence electrons. The van der Waals surface area contributed by atoms with Gasteiger partial charge in [0, 0.05) is 29.4 Å². The third-order valence-corrected chi connectivity index (χ3v) is 4.71. The first kappa shape index (κ1) is 21.4. The highest BCUT2D eigenvalue weighted by Crippen LogP contribution is 2.27. The fourth-order valence-corrected chi connectivity index (χ4v) is 2.91. The van der Waals surface area contributed by atoms with Crippen LogP contribution in [0.1, 0.15) is 49.2 Å². The predicted molar refractivity (Wildman–Crippen MR) is 121 cm³/mol. The van der Waals surface area contributed by atoms with E-state index < -0.39 is 0 Å². The van der Waals surface area contributed by atoms with Gasteiger partial charge < -0.3 is 9.30 Å². The molecule has 0 unspecified atom stereocenters. The summed E-state index contributed by atoms with van der Waals surface area (Å²) < 4.78 is 7.48. The van der Waals surface area contributed by atoms with E-state index in [4.69, 9.17) is 4.74 Å². The Balaban J connectivity index is 0.00000124. The first-order valence-corrected chi connectivity index (χ1v) is 10.5. The lowest BCUT2D eigenvalue weighted by atomic mass is 10.1. The summed E-state index contributed by atoms with van der Waals surface area (Å²) in [5.41, 5.74) is 3.71. The van der Waals surface area contributed by atoms with Crippen LogP contribution < -0.4 is 10.3 Å². The Bertz CT molecular complexity index is 1070. The van der Waals surface area contributed by atoms with Crippen LogP contribution in [0.4, 0.5) is 0 Å². The molecule has 30 heavy (non-hydrogen) atoms. The van der Waals surface area contributed by atoms with Crippen LogP contribution in [0.3, 0.4) is 0 Å². The number of hydrogen-bond acceptors (Lipinski definition) is 3. The third-order valence-electron chi connectivity index (χ3n) is 4.71. The van der Waals surface area contributed by atoms with Gasteiger partial charge >= 0.3 is 0 Å². The van der Waals surface area contributed by atoms with E-state index in [1.165, 1.54) is 18.9 Å². The summed E-state index contributed by atoms with van der Waals surface area (Å²) in [4.78, 5) is 16.8. The van der Waals surface area contributed by atoms with Crippen LogP contribution in [0, 0.1) is 24.7 Å². The quantitative estimate of drug-likeness (QED) is 0.568. The number of pyridine rings is 2. The molecule has 0 N–H and O–H groups in total. The molecule has 4 nitrogen and oxygen atoms in total. The molecular formula is C26H28N2O2. The molecule has 1 saturated carbocycles. The Labute approximate surface area is 178 Å². The van der Waals surface area contributed by atoms with E-state index in [0.717, 1.165) is 22.5 Å². The highest BCUT2D eigenvalue weighted by atomic mass is 16.5. The van der Waals surface area contributed by atoms with E-state index in [1.807, 2.05) is 69.3 Å². The lowest BCUT2D eigenvalue weighted by Gasteiger charge is -2.12. The predicted octanol–water partition coefficient (Wildman–Crippen LogP) is 4.97. The minimum atomic E-state index is -0.0753. The van der Waals surface area contributed by atoms with Gasteiger partial charge in [-0.2, -0.15) is 0 Å². The van der Waals surface area contributed by atoms with Crippen molar-refractivity contribution in [2.45, 2.75) is 46.8 Å². The Hall–Kier alpha value is -3.32. The van der Waals surface area contributed by atoms with Crippen molar-refractivity contribution in [2.75, 3.05) is 0 Å². The second-order valence-electron chi connectivity index (χ2n) is 7.11. The standard InChI is InChI=1S/C24H22N2O2.C2H6/c1-18-14-23(28-17-22-4-2-3-13-25-22)15-24(27)26(18)16-21-11-9-20(10-12-21)8-7-19-5-6-19;1-2/h2-4,9-15,19H,5-6,16-17H2,1H3;1-2H3. The second-order valence-corrected chi connectivity index (χ2v) is 7.11. The average Bonchev–Trinajstić information content (AvgIpc) is 3.61. The molecule has 1 fully saturated rings. The summed E-state index contributed by atoms with van der Waals surface area (Å²) in [6.07, 6.45) is 4.19. The average molecular weight is 401 g/mol. The molecule has 0 atom stereocenters. The molecule has 2 heterocycles. The maximum atomic E-state index is 12.6. The highest BCUT2D eigenvalue weighted by molar-refractivity contribution is 5.37. The third kappa shape index (κ3) is 6.09. The molecule has 3 aromatic rings. The van der Waals surface area contributed by atoms with Crippen molar-refractivity contribution in [1.82, 2.24) is 9.55 Å². The fourth-order valence-electron chi connectivity index (χ4n) is 2.91. The number of benzene rings is 1. The molecule has 4 rings (SSSR count). The van der Waals surface area contributed by atoms with Crippen molar-refractivity contribution in [1.29, 1.82) is 0 Å². The van der Waals surface area contributed by atoms with Crippen LogP contribution in [-0.2, 0) is 13.2 Å². The Kier molecular flexibility index (Phi) is 7.45. The number of aryl methyl sites for hydroxylation is 1. The molecular weight excluding hydrogens is 372 g/mol. The summed E-state index contributed by atoms with van der Waals surface area (Å²) in [5.74, 6) is 7.64. The van der Waals surface area contributed by atoms with Crippen LogP contribution in [0.2, 0.25) is 0 Å². The van der Waals surface area contributed by atoms with Crippen molar-refractivity contribution in [3.8, 4) is 17.6 Å². The van der Waals surface area contributed by atoms with E-state index >= 15 is 0 Å². The van der Waals surface area contributed by atoms with Crippen molar-refractivity contribution in [3.05, 3.63) is 93.7 Å². The van der Waals surface area contributed by atoms with Crippen LogP contribution in [-0.4, -0.2) is 9.55 Å². The molecule has 0 aliphatic heterocycles. The molecule has 1 aliphatic carbocycles. The molecule has 0 bridgehead atoms.